The first-order valence-electron chi connectivity index (χ1n) is 5.11. The van der Waals surface area contributed by atoms with E-state index in [0.717, 1.165) is 18.2 Å². The molecule has 2 rings (SSSR count). The molecule has 0 radical (unpaired) electrons. The number of halogens is 7. The zero-order valence-electron chi connectivity index (χ0n) is 9.82. The van der Waals surface area contributed by atoms with E-state index >= 15 is 0 Å². The van der Waals surface area contributed by atoms with Gasteiger partial charge in [-0.15, -0.1) is 5.46 Å². The van der Waals surface area contributed by atoms with Gasteiger partial charge in [-0.25, -0.2) is 0 Å². The molecule has 19 heavy (non-hydrogen) atoms. The molecule has 1 fully saturated rings. The monoisotopic (exact) mass is 310 g/mol. The summed E-state index contributed by atoms with van der Waals surface area (Å²) in [6.45, 7) is -5.33. The molecule has 1 aliphatic carbocycles. The summed E-state index contributed by atoms with van der Waals surface area (Å²) in [6, 6.07) is 3.22. The first-order valence-corrected chi connectivity index (χ1v) is 5.11. The molecular formula is C10H7BF7K. The van der Waals surface area contributed by atoms with E-state index in [9.17, 15) is 30.5 Å². The molecule has 9 heteroatoms. The summed E-state index contributed by atoms with van der Waals surface area (Å²) < 4.78 is 88.6. The third-order valence-electron chi connectivity index (χ3n) is 3.08. The molecule has 1 aromatic rings. The van der Waals surface area contributed by atoms with Crippen LogP contribution >= 0.6 is 0 Å². The summed E-state index contributed by atoms with van der Waals surface area (Å²) in [5.74, 6) is -10.3. The van der Waals surface area contributed by atoms with Gasteiger partial charge in [0.15, 0.2) is 0 Å². The molecule has 1 saturated carbocycles. The van der Waals surface area contributed by atoms with Crippen molar-refractivity contribution in [3.8, 4) is 0 Å². The van der Waals surface area contributed by atoms with Gasteiger partial charge in [-0.05, 0) is 5.56 Å². The third-order valence-corrected chi connectivity index (χ3v) is 3.08. The zero-order chi connectivity index (χ0) is 13.8. The second-order valence-electron chi connectivity index (χ2n) is 4.33. The molecule has 0 aliphatic heterocycles. The standard InChI is InChI=1S/C10H7BF7.K/c12-9(13)5-8(10(9,14)15)6-2-1-3-7(4-6)11(16,17)18;/h1-4,8H,5H2;/q-1;+1. The number of benzene rings is 1. The van der Waals surface area contributed by atoms with Crippen LogP contribution in [0.3, 0.4) is 0 Å². The van der Waals surface area contributed by atoms with Crippen molar-refractivity contribution in [3.05, 3.63) is 29.8 Å². The second-order valence-corrected chi connectivity index (χ2v) is 4.33. The fraction of sp³-hybridized carbons (Fsp3) is 0.400. The van der Waals surface area contributed by atoms with Crippen LogP contribution in [0.15, 0.2) is 24.3 Å². The Hall–Kier alpha value is 0.431. The molecular weight excluding hydrogens is 303 g/mol. The van der Waals surface area contributed by atoms with Gasteiger partial charge < -0.3 is 12.9 Å². The number of alkyl halides is 4. The van der Waals surface area contributed by atoms with Gasteiger partial charge in [0.2, 0.25) is 0 Å². The molecule has 0 bridgehead atoms. The molecule has 0 saturated heterocycles. The van der Waals surface area contributed by atoms with E-state index in [4.69, 9.17) is 0 Å². The first kappa shape index (κ1) is 17.5. The average molecular weight is 310 g/mol. The van der Waals surface area contributed by atoms with Crippen molar-refractivity contribution >= 4 is 12.4 Å². The normalized spacial score (nSPS) is 24.3. The SMILES string of the molecule is F[B-](F)(F)c1cccc(C2CC(F)(F)C2(F)F)c1.[K+]. The van der Waals surface area contributed by atoms with Crippen LogP contribution in [-0.2, 0) is 0 Å². The zero-order valence-corrected chi connectivity index (χ0v) is 12.9. The largest absolute Gasteiger partial charge is 1.00 e. The topological polar surface area (TPSA) is 0 Å². The van der Waals surface area contributed by atoms with E-state index in [2.05, 4.69) is 0 Å². The summed E-state index contributed by atoms with van der Waals surface area (Å²) >= 11 is 0. The van der Waals surface area contributed by atoms with E-state index in [1.165, 1.54) is 0 Å². The van der Waals surface area contributed by atoms with Crippen molar-refractivity contribution in [1.29, 1.82) is 0 Å². The van der Waals surface area contributed by atoms with Gasteiger partial charge in [-0.3, -0.25) is 0 Å². The van der Waals surface area contributed by atoms with Crippen LogP contribution in [-0.4, -0.2) is 18.8 Å². The van der Waals surface area contributed by atoms with Crippen LogP contribution in [0.1, 0.15) is 17.9 Å². The summed E-state index contributed by atoms with van der Waals surface area (Å²) in [5, 5.41) is 0. The van der Waals surface area contributed by atoms with E-state index in [0.29, 0.717) is 6.07 Å². The molecule has 0 N–H and O–H groups in total. The molecule has 1 unspecified atom stereocenters. The number of rotatable bonds is 2. The van der Waals surface area contributed by atoms with Gasteiger partial charge in [0.1, 0.15) is 0 Å². The van der Waals surface area contributed by atoms with Gasteiger partial charge in [-0.2, -0.15) is 17.6 Å². The Balaban J connectivity index is 0.00000180. The van der Waals surface area contributed by atoms with Crippen molar-refractivity contribution in [2.24, 2.45) is 0 Å². The van der Waals surface area contributed by atoms with Gasteiger partial charge in [0.05, 0.1) is 5.92 Å². The molecule has 0 nitrogen and oxygen atoms in total. The smallest absolute Gasteiger partial charge is 0.445 e. The minimum absolute atomic E-state index is 0. The van der Waals surface area contributed by atoms with E-state index in [1.807, 2.05) is 0 Å². The van der Waals surface area contributed by atoms with Crippen LogP contribution in [0.4, 0.5) is 30.5 Å². The van der Waals surface area contributed by atoms with Crippen LogP contribution in [0.2, 0.25) is 0 Å². The van der Waals surface area contributed by atoms with Crippen molar-refractivity contribution in [2.75, 3.05) is 0 Å². The maximum Gasteiger partial charge on any atom is 1.00 e. The summed E-state index contributed by atoms with van der Waals surface area (Å²) in [5.41, 5.74) is -1.46. The van der Waals surface area contributed by atoms with Crippen molar-refractivity contribution < 1.29 is 81.9 Å². The summed E-state index contributed by atoms with van der Waals surface area (Å²) in [4.78, 5) is 0. The maximum absolute atomic E-state index is 13.1. The first-order chi connectivity index (χ1) is 8.06. The number of hydrogen-bond acceptors (Lipinski definition) is 0. The Morgan fingerprint density at radius 2 is 1.63 bits per heavy atom. The molecule has 1 aromatic carbocycles. The van der Waals surface area contributed by atoms with Crippen molar-refractivity contribution in [2.45, 2.75) is 24.2 Å². The predicted molar refractivity (Wildman–Crippen MR) is 52.4 cm³/mol. The Kier molecular flexibility index (Phi) is 4.90. The fourth-order valence-electron chi connectivity index (χ4n) is 1.95. The third kappa shape index (κ3) is 3.04. The Bertz CT molecular complexity index is 471. The Morgan fingerprint density at radius 3 is 2.05 bits per heavy atom. The summed E-state index contributed by atoms with van der Waals surface area (Å²) in [6.07, 6.45) is -1.13. The maximum atomic E-state index is 13.1. The van der Waals surface area contributed by atoms with Gasteiger partial charge in [-0.1, -0.05) is 24.3 Å². The minimum atomic E-state index is -5.33. The Morgan fingerprint density at radius 1 is 1.05 bits per heavy atom. The molecule has 0 spiro atoms. The van der Waals surface area contributed by atoms with Crippen LogP contribution < -0.4 is 56.8 Å². The van der Waals surface area contributed by atoms with Gasteiger partial charge in [0, 0.05) is 6.42 Å². The molecule has 0 aromatic heterocycles. The fourth-order valence-corrected chi connectivity index (χ4v) is 1.95. The van der Waals surface area contributed by atoms with Crippen LogP contribution in [0.25, 0.3) is 0 Å². The van der Waals surface area contributed by atoms with Gasteiger partial charge >= 0.3 is 70.2 Å². The van der Waals surface area contributed by atoms with Crippen molar-refractivity contribution in [3.63, 3.8) is 0 Å². The molecule has 0 amide bonds. The average Bonchev–Trinajstić information content (AvgIpc) is 2.25. The second kappa shape index (κ2) is 5.32. The molecule has 1 aliphatic rings. The summed E-state index contributed by atoms with van der Waals surface area (Å²) in [7, 11) is 0. The molecule has 0 heterocycles. The van der Waals surface area contributed by atoms with Crippen molar-refractivity contribution in [1.82, 2.24) is 0 Å². The van der Waals surface area contributed by atoms with E-state index < -0.39 is 42.2 Å². The molecule has 100 valence electrons. The minimum Gasteiger partial charge on any atom is -0.445 e. The predicted octanol–water partition coefficient (Wildman–Crippen LogP) is 0.503. The van der Waals surface area contributed by atoms with Gasteiger partial charge in [0.25, 0.3) is 0 Å². The quantitative estimate of drug-likeness (QED) is 0.551. The number of hydrogen-bond donors (Lipinski definition) is 0. The Labute approximate surface area is 147 Å². The van der Waals surface area contributed by atoms with Crippen LogP contribution in [0.5, 0.6) is 0 Å². The van der Waals surface area contributed by atoms with Crippen LogP contribution in [0, 0.1) is 0 Å². The molecule has 1 atom stereocenters. The van der Waals surface area contributed by atoms with E-state index in [1.54, 1.807) is 0 Å². The van der Waals surface area contributed by atoms with E-state index in [-0.39, 0.29) is 51.4 Å².